The Labute approximate surface area is 90.7 Å². The highest BCUT2D eigenvalue weighted by atomic mass is 19.1. The summed E-state index contributed by atoms with van der Waals surface area (Å²) in [5, 5.41) is 3.32. The minimum atomic E-state index is -0.129. The number of halogens is 1. The number of hydrogen-bond donors (Lipinski definition) is 1. The van der Waals surface area contributed by atoms with Gasteiger partial charge in [0.15, 0.2) is 0 Å². The van der Waals surface area contributed by atoms with Crippen molar-refractivity contribution in [2.45, 2.75) is 32.2 Å². The van der Waals surface area contributed by atoms with Crippen molar-refractivity contribution in [1.82, 2.24) is 5.32 Å². The van der Waals surface area contributed by atoms with E-state index in [1.165, 1.54) is 30.9 Å². The molecular weight excluding hydrogens is 189 g/mol. The van der Waals surface area contributed by atoms with Crippen LogP contribution in [0.5, 0.6) is 0 Å². The molecule has 0 radical (unpaired) electrons. The van der Waals surface area contributed by atoms with E-state index in [0.717, 1.165) is 5.56 Å². The van der Waals surface area contributed by atoms with Crippen LogP contribution in [0.1, 0.15) is 36.4 Å². The highest BCUT2D eigenvalue weighted by Gasteiger charge is 2.28. The molecule has 2 rings (SSSR count). The highest BCUT2D eigenvalue weighted by Crippen LogP contribution is 2.38. The predicted octanol–water partition coefficient (Wildman–Crippen LogP) is 3.19. The molecule has 0 aromatic heterocycles. The van der Waals surface area contributed by atoms with Crippen molar-refractivity contribution in [2.24, 2.45) is 5.92 Å². The first-order chi connectivity index (χ1) is 7.22. The molecule has 82 valence electrons. The number of hydrogen-bond acceptors (Lipinski definition) is 1. The highest BCUT2D eigenvalue weighted by molar-refractivity contribution is 5.30. The Morgan fingerprint density at radius 1 is 1.40 bits per heavy atom. The largest absolute Gasteiger partial charge is 0.313 e. The second-order valence-electron chi connectivity index (χ2n) is 4.46. The second-order valence-corrected chi connectivity index (χ2v) is 4.46. The number of benzene rings is 1. The SMILES string of the molecule is CNC(c1cc(F)ccc1C)C1CCC1. The molecule has 1 aromatic rings. The van der Waals surface area contributed by atoms with E-state index in [-0.39, 0.29) is 5.82 Å². The van der Waals surface area contributed by atoms with Gasteiger partial charge in [-0.1, -0.05) is 12.5 Å². The fourth-order valence-corrected chi connectivity index (χ4v) is 2.36. The lowest BCUT2D eigenvalue weighted by atomic mass is 9.76. The molecule has 1 aliphatic carbocycles. The molecule has 1 aliphatic rings. The van der Waals surface area contributed by atoms with Crippen LogP contribution in [0.4, 0.5) is 4.39 Å². The van der Waals surface area contributed by atoms with Crippen molar-refractivity contribution < 1.29 is 4.39 Å². The van der Waals surface area contributed by atoms with Crippen molar-refractivity contribution in [3.05, 3.63) is 35.1 Å². The molecule has 1 fully saturated rings. The number of nitrogens with one attached hydrogen (secondary N) is 1. The van der Waals surface area contributed by atoms with E-state index in [2.05, 4.69) is 12.2 Å². The lowest BCUT2D eigenvalue weighted by Crippen LogP contribution is -2.30. The van der Waals surface area contributed by atoms with Gasteiger partial charge in [-0.25, -0.2) is 4.39 Å². The topological polar surface area (TPSA) is 12.0 Å². The summed E-state index contributed by atoms with van der Waals surface area (Å²) in [6.07, 6.45) is 3.85. The maximum atomic E-state index is 13.2. The summed E-state index contributed by atoms with van der Waals surface area (Å²) in [5.74, 6) is 0.561. The molecule has 1 nitrogen and oxygen atoms in total. The Morgan fingerprint density at radius 2 is 2.13 bits per heavy atom. The average Bonchev–Trinajstić information content (AvgIpc) is 2.15. The van der Waals surface area contributed by atoms with Gasteiger partial charge in [-0.3, -0.25) is 0 Å². The summed E-state index contributed by atoms with van der Waals surface area (Å²) < 4.78 is 13.2. The Balaban J connectivity index is 2.28. The molecule has 1 saturated carbocycles. The fraction of sp³-hybridized carbons (Fsp3) is 0.538. The van der Waals surface area contributed by atoms with Gasteiger partial charge in [0.1, 0.15) is 5.82 Å². The zero-order chi connectivity index (χ0) is 10.8. The summed E-state index contributed by atoms with van der Waals surface area (Å²) in [4.78, 5) is 0. The summed E-state index contributed by atoms with van der Waals surface area (Å²) >= 11 is 0. The summed E-state index contributed by atoms with van der Waals surface area (Å²) in [6.45, 7) is 2.05. The average molecular weight is 207 g/mol. The van der Waals surface area contributed by atoms with Crippen LogP contribution in [0.15, 0.2) is 18.2 Å². The second kappa shape index (κ2) is 4.31. The quantitative estimate of drug-likeness (QED) is 0.802. The van der Waals surface area contributed by atoms with Crippen LogP contribution >= 0.6 is 0 Å². The van der Waals surface area contributed by atoms with Gasteiger partial charge in [0.05, 0.1) is 0 Å². The van der Waals surface area contributed by atoms with Gasteiger partial charge >= 0.3 is 0 Å². The van der Waals surface area contributed by atoms with Crippen LogP contribution in [-0.4, -0.2) is 7.05 Å². The lowest BCUT2D eigenvalue weighted by Gasteiger charge is -2.34. The molecule has 1 N–H and O–H groups in total. The zero-order valence-corrected chi connectivity index (χ0v) is 9.39. The standard InChI is InChI=1S/C13H18FN/c1-9-6-7-11(14)8-12(9)13(15-2)10-4-3-5-10/h6-8,10,13,15H,3-5H2,1-2H3. The molecule has 1 unspecified atom stereocenters. The van der Waals surface area contributed by atoms with Crippen molar-refractivity contribution in [3.63, 3.8) is 0 Å². The van der Waals surface area contributed by atoms with E-state index >= 15 is 0 Å². The first-order valence-electron chi connectivity index (χ1n) is 5.65. The van der Waals surface area contributed by atoms with Crippen LogP contribution < -0.4 is 5.32 Å². The van der Waals surface area contributed by atoms with E-state index in [1.807, 2.05) is 13.1 Å². The third-order valence-electron chi connectivity index (χ3n) is 3.51. The van der Waals surface area contributed by atoms with Gasteiger partial charge in [0.2, 0.25) is 0 Å². The van der Waals surface area contributed by atoms with E-state index in [1.54, 1.807) is 6.07 Å². The van der Waals surface area contributed by atoms with Crippen LogP contribution in [0.2, 0.25) is 0 Å². The summed E-state index contributed by atoms with van der Waals surface area (Å²) in [5.41, 5.74) is 2.31. The Morgan fingerprint density at radius 3 is 2.67 bits per heavy atom. The minimum Gasteiger partial charge on any atom is -0.313 e. The van der Waals surface area contributed by atoms with Gasteiger partial charge in [-0.15, -0.1) is 0 Å². The van der Waals surface area contributed by atoms with E-state index in [0.29, 0.717) is 12.0 Å². The van der Waals surface area contributed by atoms with Gasteiger partial charge in [-0.05, 0) is 56.0 Å². The molecule has 0 aliphatic heterocycles. The van der Waals surface area contributed by atoms with Gasteiger partial charge in [0.25, 0.3) is 0 Å². The minimum absolute atomic E-state index is 0.129. The van der Waals surface area contributed by atoms with Crippen molar-refractivity contribution in [3.8, 4) is 0 Å². The lowest BCUT2D eigenvalue weighted by molar-refractivity contribution is 0.238. The van der Waals surface area contributed by atoms with E-state index in [9.17, 15) is 4.39 Å². The molecule has 2 heteroatoms. The van der Waals surface area contributed by atoms with Crippen LogP contribution in [0.3, 0.4) is 0 Å². The van der Waals surface area contributed by atoms with Crippen molar-refractivity contribution in [2.75, 3.05) is 7.05 Å². The van der Waals surface area contributed by atoms with Crippen LogP contribution in [0, 0.1) is 18.7 Å². The first kappa shape index (κ1) is 10.6. The van der Waals surface area contributed by atoms with Crippen molar-refractivity contribution >= 4 is 0 Å². The molecule has 1 aromatic carbocycles. The molecule has 0 saturated heterocycles. The van der Waals surface area contributed by atoms with Crippen LogP contribution in [0.25, 0.3) is 0 Å². The molecule has 0 bridgehead atoms. The van der Waals surface area contributed by atoms with Gasteiger partial charge in [-0.2, -0.15) is 0 Å². The Bertz CT molecular complexity index is 344. The summed E-state index contributed by atoms with van der Waals surface area (Å²) in [7, 11) is 1.97. The van der Waals surface area contributed by atoms with E-state index < -0.39 is 0 Å². The Kier molecular flexibility index (Phi) is 3.06. The van der Waals surface area contributed by atoms with Gasteiger partial charge < -0.3 is 5.32 Å². The van der Waals surface area contributed by atoms with Gasteiger partial charge in [0, 0.05) is 6.04 Å². The maximum absolute atomic E-state index is 13.2. The van der Waals surface area contributed by atoms with Crippen molar-refractivity contribution in [1.29, 1.82) is 0 Å². The fourth-order valence-electron chi connectivity index (χ4n) is 2.36. The molecule has 1 atom stereocenters. The summed E-state index contributed by atoms with van der Waals surface area (Å²) in [6, 6.07) is 5.41. The molecule has 15 heavy (non-hydrogen) atoms. The Hall–Kier alpha value is -0.890. The number of aryl methyl sites for hydroxylation is 1. The molecule has 0 amide bonds. The molecule has 0 heterocycles. The predicted molar refractivity (Wildman–Crippen MR) is 60.3 cm³/mol. The number of rotatable bonds is 3. The third-order valence-corrected chi connectivity index (χ3v) is 3.51. The molecular formula is C13H18FN. The third kappa shape index (κ3) is 2.05. The van der Waals surface area contributed by atoms with E-state index in [4.69, 9.17) is 0 Å². The first-order valence-corrected chi connectivity index (χ1v) is 5.65. The normalized spacial score (nSPS) is 18.6. The molecule has 0 spiro atoms. The smallest absolute Gasteiger partial charge is 0.123 e. The van der Waals surface area contributed by atoms with Crippen LogP contribution in [-0.2, 0) is 0 Å². The maximum Gasteiger partial charge on any atom is 0.123 e. The monoisotopic (exact) mass is 207 g/mol. The zero-order valence-electron chi connectivity index (χ0n) is 9.39.